The quantitative estimate of drug-likeness (QED) is 0.820. The van der Waals surface area contributed by atoms with E-state index in [1.54, 1.807) is 17.1 Å². The van der Waals surface area contributed by atoms with Crippen molar-refractivity contribution in [1.29, 1.82) is 0 Å². The molecule has 1 aromatic carbocycles. The molecule has 2 amide bonds. The summed E-state index contributed by atoms with van der Waals surface area (Å²) >= 11 is 0. The van der Waals surface area contributed by atoms with Crippen LogP contribution in [-0.4, -0.2) is 44.6 Å². The monoisotopic (exact) mass is 341 g/mol. The number of benzene rings is 1. The number of primary amides is 1. The molecule has 1 aliphatic heterocycles. The molecule has 1 aliphatic rings. The minimum absolute atomic E-state index is 0.202. The standard InChI is InChI=1S/C18H23N5O2/c19-18(25)16-4-1-3-14(10-16)9-15-6-8-22(11-15)17(24)5-2-7-23-13-20-12-21-23/h1,3-4,10,12-13,15H,2,5-9,11H2,(H2,19,25). The van der Waals surface area contributed by atoms with E-state index in [2.05, 4.69) is 10.1 Å². The number of nitrogens with two attached hydrogens (primary N) is 1. The zero-order valence-corrected chi connectivity index (χ0v) is 14.2. The minimum atomic E-state index is -0.405. The smallest absolute Gasteiger partial charge is 0.248 e. The number of hydrogen-bond acceptors (Lipinski definition) is 4. The van der Waals surface area contributed by atoms with Crippen molar-refractivity contribution in [2.24, 2.45) is 11.7 Å². The molecule has 0 spiro atoms. The molecule has 0 radical (unpaired) electrons. The van der Waals surface area contributed by atoms with Crippen LogP contribution in [0.1, 0.15) is 35.2 Å². The van der Waals surface area contributed by atoms with Crippen LogP contribution in [0.25, 0.3) is 0 Å². The summed E-state index contributed by atoms with van der Waals surface area (Å²) in [5, 5.41) is 4.04. The van der Waals surface area contributed by atoms with Gasteiger partial charge in [0.2, 0.25) is 11.8 Å². The average Bonchev–Trinajstić information content (AvgIpc) is 3.27. The van der Waals surface area contributed by atoms with Crippen LogP contribution in [0.3, 0.4) is 0 Å². The third-order valence-electron chi connectivity index (χ3n) is 4.62. The Morgan fingerprint density at radius 1 is 1.32 bits per heavy atom. The lowest BCUT2D eigenvalue weighted by molar-refractivity contribution is -0.130. The second kappa shape index (κ2) is 7.92. The topological polar surface area (TPSA) is 94.1 Å². The molecule has 1 saturated heterocycles. The van der Waals surface area contributed by atoms with E-state index in [0.29, 0.717) is 24.4 Å². The van der Waals surface area contributed by atoms with Gasteiger partial charge in [0.25, 0.3) is 0 Å². The first-order valence-corrected chi connectivity index (χ1v) is 8.61. The number of aromatic nitrogens is 3. The summed E-state index contributed by atoms with van der Waals surface area (Å²) in [5.74, 6) is 0.230. The number of aryl methyl sites for hydroxylation is 1. The average molecular weight is 341 g/mol. The third-order valence-corrected chi connectivity index (χ3v) is 4.62. The van der Waals surface area contributed by atoms with Crippen molar-refractivity contribution >= 4 is 11.8 Å². The molecule has 1 fully saturated rings. The fourth-order valence-electron chi connectivity index (χ4n) is 3.31. The molecule has 1 unspecified atom stereocenters. The van der Waals surface area contributed by atoms with E-state index in [-0.39, 0.29) is 5.91 Å². The highest BCUT2D eigenvalue weighted by molar-refractivity contribution is 5.92. The molecule has 1 aromatic heterocycles. The molecule has 7 heteroatoms. The Morgan fingerprint density at radius 2 is 2.20 bits per heavy atom. The van der Waals surface area contributed by atoms with Crippen molar-refractivity contribution in [3.8, 4) is 0 Å². The molecule has 0 saturated carbocycles. The van der Waals surface area contributed by atoms with Gasteiger partial charge in [0.1, 0.15) is 12.7 Å². The third kappa shape index (κ3) is 4.65. The normalized spacial score (nSPS) is 17.0. The molecule has 0 bridgehead atoms. The van der Waals surface area contributed by atoms with Crippen molar-refractivity contribution in [1.82, 2.24) is 19.7 Å². The maximum Gasteiger partial charge on any atom is 0.248 e. The molecule has 0 aliphatic carbocycles. The van der Waals surface area contributed by atoms with Gasteiger partial charge in [0.05, 0.1) is 0 Å². The van der Waals surface area contributed by atoms with Crippen molar-refractivity contribution < 1.29 is 9.59 Å². The zero-order chi connectivity index (χ0) is 17.6. The van der Waals surface area contributed by atoms with Gasteiger partial charge in [0, 0.05) is 31.6 Å². The number of amides is 2. The van der Waals surface area contributed by atoms with Crippen LogP contribution < -0.4 is 5.73 Å². The van der Waals surface area contributed by atoms with Gasteiger partial charge in [0.15, 0.2) is 0 Å². The van der Waals surface area contributed by atoms with Gasteiger partial charge in [-0.3, -0.25) is 14.3 Å². The van der Waals surface area contributed by atoms with E-state index in [4.69, 9.17) is 5.73 Å². The van der Waals surface area contributed by atoms with E-state index < -0.39 is 5.91 Å². The fraction of sp³-hybridized carbons (Fsp3) is 0.444. The minimum Gasteiger partial charge on any atom is -0.366 e. The van der Waals surface area contributed by atoms with Crippen LogP contribution in [0.15, 0.2) is 36.9 Å². The molecular formula is C18H23N5O2. The highest BCUT2D eigenvalue weighted by Crippen LogP contribution is 2.22. The van der Waals surface area contributed by atoms with Crippen molar-refractivity contribution in [2.75, 3.05) is 13.1 Å². The van der Waals surface area contributed by atoms with E-state index in [0.717, 1.165) is 37.9 Å². The van der Waals surface area contributed by atoms with Gasteiger partial charge >= 0.3 is 0 Å². The van der Waals surface area contributed by atoms with E-state index in [1.807, 2.05) is 23.1 Å². The number of carbonyl (C=O) groups is 2. The highest BCUT2D eigenvalue weighted by atomic mass is 16.2. The molecule has 2 N–H and O–H groups in total. The van der Waals surface area contributed by atoms with Crippen LogP contribution in [0.5, 0.6) is 0 Å². The van der Waals surface area contributed by atoms with Crippen LogP contribution in [-0.2, 0) is 17.8 Å². The molecule has 2 aromatic rings. The van der Waals surface area contributed by atoms with Crippen LogP contribution >= 0.6 is 0 Å². The van der Waals surface area contributed by atoms with Crippen LogP contribution in [0, 0.1) is 5.92 Å². The zero-order valence-electron chi connectivity index (χ0n) is 14.2. The summed E-state index contributed by atoms with van der Waals surface area (Å²) in [5.41, 5.74) is 6.97. The molecular weight excluding hydrogens is 318 g/mol. The number of likely N-dealkylation sites (tertiary alicyclic amines) is 1. The van der Waals surface area contributed by atoms with Gasteiger partial charge in [-0.1, -0.05) is 12.1 Å². The first-order chi connectivity index (χ1) is 12.1. The Balaban J connectivity index is 1.45. The Kier molecular flexibility index (Phi) is 5.42. The maximum absolute atomic E-state index is 12.3. The molecule has 7 nitrogen and oxygen atoms in total. The second-order valence-corrected chi connectivity index (χ2v) is 6.53. The maximum atomic E-state index is 12.3. The number of rotatable bonds is 7. The van der Waals surface area contributed by atoms with E-state index >= 15 is 0 Å². The molecule has 25 heavy (non-hydrogen) atoms. The van der Waals surface area contributed by atoms with Crippen molar-refractivity contribution in [3.63, 3.8) is 0 Å². The number of carbonyl (C=O) groups excluding carboxylic acids is 2. The number of nitrogens with zero attached hydrogens (tertiary/aromatic N) is 4. The van der Waals surface area contributed by atoms with Crippen molar-refractivity contribution in [2.45, 2.75) is 32.2 Å². The van der Waals surface area contributed by atoms with E-state index in [9.17, 15) is 9.59 Å². The van der Waals surface area contributed by atoms with Gasteiger partial charge < -0.3 is 10.6 Å². The van der Waals surface area contributed by atoms with Crippen LogP contribution in [0.2, 0.25) is 0 Å². The summed E-state index contributed by atoms with van der Waals surface area (Å²) < 4.78 is 1.74. The lowest BCUT2D eigenvalue weighted by Crippen LogP contribution is -2.29. The summed E-state index contributed by atoms with van der Waals surface area (Å²) in [6.07, 6.45) is 6.32. The molecule has 132 valence electrons. The summed E-state index contributed by atoms with van der Waals surface area (Å²) in [6.45, 7) is 2.30. The number of hydrogen-bond donors (Lipinski definition) is 1. The predicted octanol–water partition coefficient (Wildman–Crippen LogP) is 1.25. The SMILES string of the molecule is NC(=O)c1cccc(CC2CCN(C(=O)CCCn3cncn3)C2)c1. The lowest BCUT2D eigenvalue weighted by Gasteiger charge is -2.16. The first-order valence-electron chi connectivity index (χ1n) is 8.61. The molecule has 3 rings (SSSR count). The fourth-order valence-corrected chi connectivity index (χ4v) is 3.31. The molecule has 2 heterocycles. The lowest BCUT2D eigenvalue weighted by atomic mass is 9.97. The highest BCUT2D eigenvalue weighted by Gasteiger charge is 2.26. The Bertz CT molecular complexity index is 729. The predicted molar refractivity (Wildman–Crippen MR) is 92.6 cm³/mol. The van der Waals surface area contributed by atoms with Crippen molar-refractivity contribution in [3.05, 3.63) is 48.0 Å². The second-order valence-electron chi connectivity index (χ2n) is 6.53. The van der Waals surface area contributed by atoms with E-state index in [1.165, 1.54) is 6.33 Å². The van der Waals surface area contributed by atoms with Crippen LogP contribution in [0.4, 0.5) is 0 Å². The van der Waals surface area contributed by atoms with Gasteiger partial charge in [-0.15, -0.1) is 0 Å². The molecule has 1 atom stereocenters. The Hall–Kier alpha value is -2.70. The summed E-state index contributed by atoms with van der Waals surface area (Å²) in [4.78, 5) is 29.5. The summed E-state index contributed by atoms with van der Waals surface area (Å²) in [7, 11) is 0. The Morgan fingerprint density at radius 3 is 2.96 bits per heavy atom. The van der Waals surface area contributed by atoms with Gasteiger partial charge in [-0.25, -0.2) is 4.98 Å². The van der Waals surface area contributed by atoms with Gasteiger partial charge in [-0.2, -0.15) is 5.10 Å². The van der Waals surface area contributed by atoms with Gasteiger partial charge in [-0.05, 0) is 42.9 Å². The summed E-state index contributed by atoms with van der Waals surface area (Å²) in [6, 6.07) is 7.45. The Labute approximate surface area is 146 Å². The largest absolute Gasteiger partial charge is 0.366 e. The first kappa shape index (κ1) is 17.1.